The fourth-order valence-corrected chi connectivity index (χ4v) is 2.01. The van der Waals surface area contributed by atoms with Crippen LogP contribution in [0.3, 0.4) is 0 Å². The van der Waals surface area contributed by atoms with Gasteiger partial charge in [0.05, 0.1) is 0 Å². The van der Waals surface area contributed by atoms with Crippen LogP contribution in [0, 0.1) is 5.82 Å². The second-order valence-corrected chi connectivity index (χ2v) is 4.58. The average Bonchev–Trinajstić information content (AvgIpc) is 2.39. The van der Waals surface area contributed by atoms with Crippen LogP contribution in [0.1, 0.15) is 31.0 Å². The molecule has 2 heteroatoms. The predicted octanol–water partition coefficient (Wildman–Crippen LogP) is 4.07. The third-order valence-electron chi connectivity index (χ3n) is 3.16. The number of hydrogen-bond acceptors (Lipinski definition) is 1. The van der Waals surface area contributed by atoms with Crippen molar-refractivity contribution in [2.24, 2.45) is 5.73 Å². The van der Waals surface area contributed by atoms with E-state index in [0.29, 0.717) is 5.56 Å². The van der Waals surface area contributed by atoms with Crippen LogP contribution in [0.5, 0.6) is 0 Å². The molecular formula is C16H18FN. The minimum atomic E-state index is -0.201. The molecule has 0 amide bonds. The zero-order chi connectivity index (χ0) is 13.1. The van der Waals surface area contributed by atoms with Gasteiger partial charge in [-0.15, -0.1) is 0 Å². The number of halogens is 1. The molecule has 0 heterocycles. The maximum Gasteiger partial charge on any atom is 0.131 e. The highest BCUT2D eigenvalue weighted by atomic mass is 19.1. The molecule has 0 aliphatic heterocycles. The Morgan fingerprint density at radius 1 is 1.17 bits per heavy atom. The summed E-state index contributed by atoms with van der Waals surface area (Å²) in [6, 6.07) is 13.0. The second-order valence-electron chi connectivity index (χ2n) is 4.58. The van der Waals surface area contributed by atoms with Crippen LogP contribution < -0.4 is 5.73 Å². The average molecular weight is 243 g/mol. The topological polar surface area (TPSA) is 26.0 Å². The van der Waals surface area contributed by atoms with E-state index < -0.39 is 0 Å². The summed E-state index contributed by atoms with van der Waals surface area (Å²) in [6.07, 6.45) is 0.947. The molecule has 0 aliphatic rings. The first-order valence-corrected chi connectivity index (χ1v) is 6.26. The van der Waals surface area contributed by atoms with Gasteiger partial charge < -0.3 is 5.73 Å². The Hall–Kier alpha value is -1.67. The summed E-state index contributed by atoms with van der Waals surface area (Å²) in [6.45, 7) is 3.99. The largest absolute Gasteiger partial charge is 0.324 e. The van der Waals surface area contributed by atoms with Crippen molar-refractivity contribution < 1.29 is 4.39 Å². The Morgan fingerprint density at radius 2 is 1.94 bits per heavy atom. The van der Waals surface area contributed by atoms with Gasteiger partial charge >= 0.3 is 0 Å². The van der Waals surface area contributed by atoms with E-state index in [-0.39, 0.29) is 11.9 Å². The molecule has 1 unspecified atom stereocenters. The molecule has 0 saturated carbocycles. The zero-order valence-electron chi connectivity index (χ0n) is 10.8. The lowest BCUT2D eigenvalue weighted by molar-refractivity contribution is 0.629. The van der Waals surface area contributed by atoms with E-state index in [0.717, 1.165) is 17.5 Å². The zero-order valence-corrected chi connectivity index (χ0v) is 10.8. The van der Waals surface area contributed by atoms with E-state index in [1.165, 1.54) is 11.6 Å². The molecule has 0 saturated heterocycles. The van der Waals surface area contributed by atoms with Crippen molar-refractivity contribution in [3.63, 3.8) is 0 Å². The van der Waals surface area contributed by atoms with Crippen molar-refractivity contribution in [2.75, 3.05) is 0 Å². The van der Waals surface area contributed by atoms with Gasteiger partial charge in [0.15, 0.2) is 0 Å². The van der Waals surface area contributed by atoms with Crippen molar-refractivity contribution in [2.45, 2.75) is 26.3 Å². The van der Waals surface area contributed by atoms with E-state index in [1.807, 2.05) is 31.2 Å². The molecule has 2 aromatic rings. The summed E-state index contributed by atoms with van der Waals surface area (Å²) in [5, 5.41) is 0. The van der Waals surface area contributed by atoms with Gasteiger partial charge in [0.25, 0.3) is 0 Å². The fourth-order valence-electron chi connectivity index (χ4n) is 2.01. The minimum absolute atomic E-state index is 0.0845. The summed E-state index contributed by atoms with van der Waals surface area (Å²) in [7, 11) is 0. The maximum atomic E-state index is 13.9. The molecule has 0 bridgehead atoms. The molecule has 1 nitrogen and oxygen atoms in total. The molecule has 0 fully saturated rings. The Morgan fingerprint density at radius 3 is 2.61 bits per heavy atom. The third-order valence-corrected chi connectivity index (χ3v) is 3.16. The summed E-state index contributed by atoms with van der Waals surface area (Å²) < 4.78 is 13.9. The van der Waals surface area contributed by atoms with E-state index in [1.54, 1.807) is 6.07 Å². The first-order valence-electron chi connectivity index (χ1n) is 6.26. The van der Waals surface area contributed by atoms with Gasteiger partial charge in [0, 0.05) is 11.6 Å². The lowest BCUT2D eigenvalue weighted by Gasteiger charge is -2.10. The van der Waals surface area contributed by atoms with E-state index in [9.17, 15) is 4.39 Å². The molecule has 0 aromatic heterocycles. The molecular weight excluding hydrogens is 225 g/mol. The van der Waals surface area contributed by atoms with Crippen LogP contribution >= 0.6 is 0 Å². The van der Waals surface area contributed by atoms with Crippen LogP contribution in [0.25, 0.3) is 11.1 Å². The Balaban J connectivity index is 2.51. The van der Waals surface area contributed by atoms with Crippen molar-refractivity contribution >= 4 is 0 Å². The Labute approximate surface area is 107 Å². The standard InChI is InChI=1S/C16H18FN/c1-3-12-5-4-6-14(9-12)15-10-13(11(2)18)7-8-16(15)17/h4-11H,3,18H2,1-2H3. The van der Waals surface area contributed by atoms with Crippen molar-refractivity contribution in [1.29, 1.82) is 0 Å². The van der Waals surface area contributed by atoms with Gasteiger partial charge in [0.2, 0.25) is 0 Å². The number of hydrogen-bond donors (Lipinski definition) is 1. The Kier molecular flexibility index (Phi) is 3.78. The van der Waals surface area contributed by atoms with Gasteiger partial charge in [0.1, 0.15) is 5.82 Å². The van der Waals surface area contributed by atoms with Crippen LogP contribution in [0.15, 0.2) is 42.5 Å². The van der Waals surface area contributed by atoms with Crippen molar-refractivity contribution in [3.8, 4) is 11.1 Å². The maximum absolute atomic E-state index is 13.9. The number of benzene rings is 2. The molecule has 18 heavy (non-hydrogen) atoms. The molecule has 2 N–H and O–H groups in total. The van der Waals surface area contributed by atoms with Crippen molar-refractivity contribution in [3.05, 3.63) is 59.4 Å². The second kappa shape index (κ2) is 5.32. The molecule has 0 aliphatic carbocycles. The van der Waals surface area contributed by atoms with Crippen LogP contribution in [0.2, 0.25) is 0 Å². The fraction of sp³-hybridized carbons (Fsp3) is 0.250. The molecule has 2 rings (SSSR count). The summed E-state index contributed by atoms with van der Waals surface area (Å²) in [4.78, 5) is 0. The van der Waals surface area contributed by atoms with Crippen LogP contribution in [-0.4, -0.2) is 0 Å². The first kappa shape index (κ1) is 12.8. The highest BCUT2D eigenvalue weighted by Crippen LogP contribution is 2.26. The number of nitrogens with two attached hydrogens (primary N) is 1. The smallest absolute Gasteiger partial charge is 0.131 e. The molecule has 0 spiro atoms. The van der Waals surface area contributed by atoms with Gasteiger partial charge in [-0.2, -0.15) is 0 Å². The summed E-state index contributed by atoms with van der Waals surface area (Å²) >= 11 is 0. The third kappa shape index (κ3) is 2.59. The summed E-state index contributed by atoms with van der Waals surface area (Å²) in [5.41, 5.74) is 9.54. The quantitative estimate of drug-likeness (QED) is 0.863. The normalized spacial score (nSPS) is 12.4. The molecule has 2 aromatic carbocycles. The lowest BCUT2D eigenvalue weighted by Crippen LogP contribution is -2.05. The number of rotatable bonds is 3. The van der Waals surface area contributed by atoms with Gasteiger partial charge in [-0.3, -0.25) is 0 Å². The lowest BCUT2D eigenvalue weighted by atomic mass is 9.98. The van der Waals surface area contributed by atoms with Crippen LogP contribution in [0.4, 0.5) is 4.39 Å². The SMILES string of the molecule is CCc1cccc(-c2cc(C(C)N)ccc2F)c1. The summed E-state index contributed by atoms with van der Waals surface area (Å²) in [5.74, 6) is -0.201. The Bertz CT molecular complexity index is 547. The van der Waals surface area contributed by atoms with Gasteiger partial charge in [-0.1, -0.05) is 37.3 Å². The predicted molar refractivity (Wildman–Crippen MR) is 73.8 cm³/mol. The van der Waals surface area contributed by atoms with Gasteiger partial charge in [-0.05, 0) is 42.2 Å². The molecule has 94 valence electrons. The minimum Gasteiger partial charge on any atom is -0.324 e. The van der Waals surface area contributed by atoms with E-state index >= 15 is 0 Å². The molecule has 0 radical (unpaired) electrons. The first-order chi connectivity index (χ1) is 8.61. The highest BCUT2D eigenvalue weighted by molar-refractivity contribution is 5.65. The van der Waals surface area contributed by atoms with E-state index in [2.05, 4.69) is 13.0 Å². The number of aryl methyl sites for hydroxylation is 1. The van der Waals surface area contributed by atoms with Gasteiger partial charge in [-0.25, -0.2) is 4.39 Å². The molecule has 1 atom stereocenters. The highest BCUT2D eigenvalue weighted by Gasteiger charge is 2.08. The monoisotopic (exact) mass is 243 g/mol. The van der Waals surface area contributed by atoms with Crippen LogP contribution in [-0.2, 0) is 6.42 Å². The van der Waals surface area contributed by atoms with Crippen molar-refractivity contribution in [1.82, 2.24) is 0 Å². The van der Waals surface area contributed by atoms with E-state index in [4.69, 9.17) is 5.73 Å².